The number of aryl methyl sites for hydroxylation is 1. The molecule has 4 rings (SSSR count). The summed E-state index contributed by atoms with van der Waals surface area (Å²) in [5, 5.41) is 24.1. The van der Waals surface area contributed by atoms with Crippen LogP contribution in [0.4, 0.5) is 0 Å². The number of aliphatic hydroxyl groups is 1. The van der Waals surface area contributed by atoms with Crippen molar-refractivity contribution in [3.63, 3.8) is 0 Å². The lowest BCUT2D eigenvalue weighted by atomic mass is 9.64. The van der Waals surface area contributed by atoms with E-state index in [9.17, 15) is 10.2 Å². The van der Waals surface area contributed by atoms with Gasteiger partial charge in [0, 0.05) is 16.9 Å². The number of phenols is 1. The normalized spacial score (nSPS) is 30.0. The molecule has 0 heterocycles. The van der Waals surface area contributed by atoms with Crippen molar-refractivity contribution in [1.82, 2.24) is 0 Å². The Hall–Kier alpha value is -1.80. The monoisotopic (exact) mass is 322 g/mol. The summed E-state index contributed by atoms with van der Waals surface area (Å²) in [7, 11) is 0. The molecule has 2 aromatic carbocycles. The van der Waals surface area contributed by atoms with Gasteiger partial charge in [0.25, 0.3) is 0 Å². The second-order valence-electron chi connectivity index (χ2n) is 7.69. The number of allylic oxidation sites excluding steroid dienone is 1. The van der Waals surface area contributed by atoms with Crippen molar-refractivity contribution in [2.45, 2.75) is 51.6 Å². The van der Waals surface area contributed by atoms with E-state index in [4.69, 9.17) is 0 Å². The molecule has 2 aromatic rings. The minimum absolute atomic E-state index is 0.0183. The van der Waals surface area contributed by atoms with Crippen molar-refractivity contribution in [2.24, 2.45) is 11.8 Å². The largest absolute Gasteiger partial charge is 0.507 e. The zero-order valence-electron chi connectivity index (χ0n) is 14.5. The second kappa shape index (κ2) is 5.93. The van der Waals surface area contributed by atoms with Crippen LogP contribution in [0.15, 0.2) is 42.0 Å². The highest BCUT2D eigenvalue weighted by Gasteiger charge is 2.41. The van der Waals surface area contributed by atoms with Gasteiger partial charge in [0.05, 0.1) is 6.10 Å². The summed E-state index contributed by atoms with van der Waals surface area (Å²) in [5.74, 6) is 1.24. The maximum atomic E-state index is 11.1. The third kappa shape index (κ3) is 2.36. The average molecular weight is 322 g/mol. The molecule has 0 radical (unpaired) electrons. The molecule has 4 atom stereocenters. The Labute approximate surface area is 143 Å². The van der Waals surface area contributed by atoms with Crippen LogP contribution in [-0.4, -0.2) is 16.3 Å². The van der Waals surface area contributed by atoms with Gasteiger partial charge in [-0.05, 0) is 61.0 Å². The second-order valence-corrected chi connectivity index (χ2v) is 7.69. The van der Waals surface area contributed by atoms with Gasteiger partial charge in [-0.25, -0.2) is 0 Å². The molecular formula is C22H26O2. The molecule has 4 unspecified atom stereocenters. The number of phenolic OH excluding ortho intramolecular Hbond substituents is 1. The molecule has 0 spiro atoms. The van der Waals surface area contributed by atoms with Crippen LogP contribution in [-0.2, 0) is 0 Å². The average Bonchev–Trinajstić information content (AvgIpc) is 2.57. The van der Waals surface area contributed by atoms with Crippen LogP contribution >= 0.6 is 0 Å². The number of aromatic hydroxyl groups is 1. The van der Waals surface area contributed by atoms with Crippen LogP contribution in [0.25, 0.3) is 10.8 Å². The minimum Gasteiger partial charge on any atom is -0.507 e. The van der Waals surface area contributed by atoms with E-state index in [-0.39, 0.29) is 5.92 Å². The first kappa shape index (κ1) is 15.7. The van der Waals surface area contributed by atoms with Gasteiger partial charge in [-0.15, -0.1) is 0 Å². The van der Waals surface area contributed by atoms with Gasteiger partial charge in [0.15, 0.2) is 0 Å². The maximum Gasteiger partial charge on any atom is 0.127 e. The highest BCUT2D eigenvalue weighted by Crippen LogP contribution is 2.50. The van der Waals surface area contributed by atoms with E-state index in [1.165, 1.54) is 18.4 Å². The van der Waals surface area contributed by atoms with Gasteiger partial charge in [-0.2, -0.15) is 0 Å². The van der Waals surface area contributed by atoms with E-state index in [1.807, 2.05) is 24.3 Å². The number of rotatable bonds is 1. The van der Waals surface area contributed by atoms with Crippen molar-refractivity contribution in [2.75, 3.05) is 0 Å². The summed E-state index contributed by atoms with van der Waals surface area (Å²) >= 11 is 0. The van der Waals surface area contributed by atoms with Crippen LogP contribution in [0.3, 0.4) is 0 Å². The van der Waals surface area contributed by atoms with E-state index in [0.717, 1.165) is 34.7 Å². The number of fused-ring (bicyclic) bond motifs is 2. The van der Waals surface area contributed by atoms with Crippen LogP contribution in [0.2, 0.25) is 0 Å². The smallest absolute Gasteiger partial charge is 0.127 e. The van der Waals surface area contributed by atoms with E-state index in [1.54, 1.807) is 0 Å². The van der Waals surface area contributed by atoms with Crippen molar-refractivity contribution in [1.29, 1.82) is 0 Å². The summed E-state index contributed by atoms with van der Waals surface area (Å²) in [4.78, 5) is 0. The van der Waals surface area contributed by atoms with Crippen LogP contribution in [0.5, 0.6) is 5.75 Å². The van der Waals surface area contributed by atoms with E-state index in [2.05, 4.69) is 26.0 Å². The first-order valence-electron chi connectivity index (χ1n) is 9.17. The summed E-state index contributed by atoms with van der Waals surface area (Å²) in [6, 6.07) is 10.1. The fraction of sp³-hybridized carbons (Fsp3) is 0.455. The zero-order chi connectivity index (χ0) is 16.8. The molecule has 24 heavy (non-hydrogen) atoms. The molecule has 2 N–H and O–H groups in total. The SMILES string of the molecule is Cc1cc2ccccc2c(O)c1C1C(C)CC2CCCC=C2C1O. The van der Waals surface area contributed by atoms with Crippen molar-refractivity contribution < 1.29 is 10.2 Å². The molecule has 0 bridgehead atoms. The first-order chi connectivity index (χ1) is 11.6. The van der Waals surface area contributed by atoms with E-state index in [0.29, 0.717) is 17.6 Å². The van der Waals surface area contributed by atoms with Gasteiger partial charge in [0.1, 0.15) is 5.75 Å². The third-order valence-electron chi connectivity index (χ3n) is 6.16. The lowest BCUT2D eigenvalue weighted by Crippen LogP contribution is -2.37. The Kier molecular flexibility index (Phi) is 3.88. The van der Waals surface area contributed by atoms with Crippen LogP contribution < -0.4 is 0 Å². The molecule has 0 aliphatic heterocycles. The molecular weight excluding hydrogens is 296 g/mol. The molecule has 2 heteroatoms. The molecule has 0 amide bonds. The van der Waals surface area contributed by atoms with Gasteiger partial charge in [0.2, 0.25) is 0 Å². The molecule has 1 fully saturated rings. The summed E-state index contributed by atoms with van der Waals surface area (Å²) in [6.07, 6.45) is 6.41. The van der Waals surface area contributed by atoms with Gasteiger partial charge in [-0.3, -0.25) is 0 Å². The molecule has 126 valence electrons. The molecule has 0 aromatic heterocycles. The predicted octanol–water partition coefficient (Wildman–Crippen LogP) is 5.06. The maximum absolute atomic E-state index is 11.1. The topological polar surface area (TPSA) is 40.5 Å². The molecule has 2 nitrogen and oxygen atoms in total. The summed E-state index contributed by atoms with van der Waals surface area (Å²) in [5.41, 5.74) is 3.24. The van der Waals surface area contributed by atoms with Crippen LogP contribution in [0.1, 0.15) is 49.7 Å². The van der Waals surface area contributed by atoms with Crippen molar-refractivity contribution >= 4 is 10.8 Å². The molecule has 2 aliphatic rings. The van der Waals surface area contributed by atoms with Gasteiger partial charge >= 0.3 is 0 Å². The van der Waals surface area contributed by atoms with E-state index < -0.39 is 6.10 Å². The zero-order valence-corrected chi connectivity index (χ0v) is 14.5. The van der Waals surface area contributed by atoms with Crippen molar-refractivity contribution in [3.05, 3.63) is 53.1 Å². The Morgan fingerprint density at radius 1 is 1.17 bits per heavy atom. The molecule has 0 saturated heterocycles. The Balaban J connectivity index is 1.85. The quantitative estimate of drug-likeness (QED) is 0.720. The molecule has 1 saturated carbocycles. The standard InChI is InChI=1S/C22H26O2/c1-13-11-15-7-3-5-9-17(15)21(23)19(13)20-14(2)12-16-8-4-6-10-18(16)22(20)24/h3,5,7,9-11,14,16,20,22-24H,4,6,8,12H2,1-2H3. The van der Waals surface area contributed by atoms with Crippen molar-refractivity contribution in [3.8, 4) is 5.75 Å². The van der Waals surface area contributed by atoms with E-state index >= 15 is 0 Å². The number of aliphatic hydroxyl groups excluding tert-OH is 1. The highest BCUT2D eigenvalue weighted by molar-refractivity contribution is 5.90. The Morgan fingerprint density at radius 3 is 2.79 bits per heavy atom. The molecule has 2 aliphatic carbocycles. The summed E-state index contributed by atoms with van der Waals surface area (Å²) in [6.45, 7) is 4.29. The summed E-state index contributed by atoms with van der Waals surface area (Å²) < 4.78 is 0. The first-order valence-corrected chi connectivity index (χ1v) is 9.17. The van der Waals surface area contributed by atoms with Gasteiger partial charge in [-0.1, -0.05) is 43.3 Å². The number of hydrogen-bond donors (Lipinski definition) is 2. The lowest BCUT2D eigenvalue weighted by molar-refractivity contribution is 0.0956. The van der Waals surface area contributed by atoms with Gasteiger partial charge < -0.3 is 10.2 Å². The Morgan fingerprint density at radius 2 is 1.96 bits per heavy atom. The third-order valence-corrected chi connectivity index (χ3v) is 6.16. The van der Waals surface area contributed by atoms with Crippen LogP contribution in [0, 0.1) is 18.8 Å². The lowest BCUT2D eigenvalue weighted by Gasteiger charge is -2.43. The Bertz CT molecular complexity index is 805. The fourth-order valence-electron chi connectivity index (χ4n) is 5.04. The number of hydrogen-bond acceptors (Lipinski definition) is 2. The predicted molar refractivity (Wildman–Crippen MR) is 98.3 cm³/mol. The number of benzene rings is 2. The fourth-order valence-corrected chi connectivity index (χ4v) is 5.04. The minimum atomic E-state index is -0.468. The highest BCUT2D eigenvalue weighted by atomic mass is 16.3.